The number of hydrogen-bond donors (Lipinski definition) is 1. The highest BCUT2D eigenvalue weighted by molar-refractivity contribution is 6.23. The van der Waals surface area contributed by atoms with Crippen molar-refractivity contribution in [1.29, 1.82) is 0 Å². The summed E-state index contributed by atoms with van der Waals surface area (Å²) >= 11 is 0. The summed E-state index contributed by atoms with van der Waals surface area (Å²) in [6, 6.07) is 38.8. The highest BCUT2D eigenvalue weighted by atomic mass is 16.3. The third kappa shape index (κ3) is 3.42. The number of anilines is 1. The largest absolute Gasteiger partial charge is 0.455 e. The first-order valence-corrected chi connectivity index (χ1v) is 14.2. The number of benzene rings is 6. The van der Waals surface area contributed by atoms with Crippen LogP contribution in [0.15, 0.2) is 129 Å². The van der Waals surface area contributed by atoms with Gasteiger partial charge in [-0.3, -0.25) is 4.79 Å². The molecule has 6 aromatic carbocycles. The van der Waals surface area contributed by atoms with Crippen molar-refractivity contribution in [3.8, 4) is 22.3 Å². The van der Waals surface area contributed by atoms with Crippen LogP contribution in [-0.4, -0.2) is 5.91 Å². The summed E-state index contributed by atoms with van der Waals surface area (Å²) in [6.07, 6.45) is 0. The molecule has 204 valence electrons. The van der Waals surface area contributed by atoms with Crippen LogP contribution >= 0.6 is 0 Å². The van der Waals surface area contributed by atoms with E-state index in [1.807, 2.05) is 66.7 Å². The number of carbonyl (C=O) groups excluding carboxylic acids is 1. The molecular formula is C38H23NO4. The molecule has 0 fully saturated rings. The van der Waals surface area contributed by atoms with Crippen molar-refractivity contribution in [2.24, 2.45) is 0 Å². The maximum atomic E-state index is 12.0. The third-order valence-corrected chi connectivity index (χ3v) is 8.35. The maximum absolute atomic E-state index is 12.0. The topological polar surface area (TPSA) is 68.5 Å². The summed E-state index contributed by atoms with van der Waals surface area (Å²) in [5.41, 5.74) is 9.29. The molecule has 0 aliphatic rings. The lowest BCUT2D eigenvalue weighted by Gasteiger charge is -2.11. The van der Waals surface area contributed by atoms with Crippen LogP contribution in [0.4, 0.5) is 5.69 Å². The molecule has 1 amide bonds. The van der Waals surface area contributed by atoms with Gasteiger partial charge in [0, 0.05) is 50.4 Å². The van der Waals surface area contributed by atoms with Crippen molar-refractivity contribution in [2.45, 2.75) is 6.92 Å². The second-order valence-electron chi connectivity index (χ2n) is 10.9. The van der Waals surface area contributed by atoms with Crippen molar-refractivity contribution in [3.05, 3.63) is 115 Å². The van der Waals surface area contributed by atoms with Crippen LogP contribution < -0.4 is 5.32 Å². The molecular weight excluding hydrogens is 534 g/mol. The zero-order valence-corrected chi connectivity index (χ0v) is 23.1. The van der Waals surface area contributed by atoms with E-state index in [0.29, 0.717) is 11.3 Å². The lowest BCUT2D eigenvalue weighted by molar-refractivity contribution is -0.114. The van der Waals surface area contributed by atoms with E-state index in [1.54, 1.807) is 0 Å². The molecule has 3 aromatic heterocycles. The lowest BCUT2D eigenvalue weighted by Crippen LogP contribution is -2.05. The van der Waals surface area contributed by atoms with Gasteiger partial charge in [0.15, 0.2) is 5.58 Å². The Balaban J connectivity index is 1.39. The van der Waals surface area contributed by atoms with Crippen molar-refractivity contribution >= 4 is 77.4 Å². The molecule has 5 heteroatoms. The first kappa shape index (κ1) is 23.9. The molecule has 5 nitrogen and oxygen atoms in total. The van der Waals surface area contributed by atoms with E-state index in [9.17, 15) is 4.79 Å². The Labute approximate surface area is 244 Å². The number of furan rings is 3. The summed E-state index contributed by atoms with van der Waals surface area (Å²) in [5, 5.41) is 9.07. The van der Waals surface area contributed by atoms with Crippen LogP contribution in [-0.2, 0) is 4.79 Å². The summed E-state index contributed by atoms with van der Waals surface area (Å²) in [6.45, 7) is 1.50. The molecule has 9 rings (SSSR count). The lowest BCUT2D eigenvalue weighted by atomic mass is 9.92. The first-order valence-electron chi connectivity index (χ1n) is 14.2. The van der Waals surface area contributed by atoms with Crippen LogP contribution in [0.1, 0.15) is 6.92 Å². The SMILES string of the molecule is CC(=O)Nc1ccc(-c2ccc(-c3cccc4c3oc3ccccc34)c3c2oc2ccccc23)c2c1oc1ccccc12. The molecule has 0 spiro atoms. The van der Waals surface area contributed by atoms with Gasteiger partial charge in [0.2, 0.25) is 5.91 Å². The van der Waals surface area contributed by atoms with Crippen LogP contribution in [0.3, 0.4) is 0 Å². The number of nitrogens with one attached hydrogen (secondary N) is 1. The number of fused-ring (bicyclic) bond motifs is 9. The van der Waals surface area contributed by atoms with Crippen LogP contribution in [0, 0.1) is 0 Å². The Bertz CT molecular complexity index is 2580. The Morgan fingerprint density at radius 2 is 0.953 bits per heavy atom. The minimum Gasteiger partial charge on any atom is -0.455 e. The minimum atomic E-state index is -0.154. The summed E-state index contributed by atoms with van der Waals surface area (Å²) in [4.78, 5) is 12.0. The van der Waals surface area contributed by atoms with Gasteiger partial charge in [-0.05, 0) is 41.5 Å². The standard InChI is InChI=1S/C38H23NO4/c1-21(40)39-30-20-19-24(35-29-11-4-7-16-33(29)43-38(30)35)27-18-17-23(34-28-10-3-6-15-32(28)42-37(27)34)26-13-8-12-25-22-9-2-5-14-31(22)41-36(25)26/h2-20H,1H3,(H,39,40). The molecule has 43 heavy (non-hydrogen) atoms. The van der Waals surface area contributed by atoms with E-state index in [4.69, 9.17) is 13.3 Å². The Hall–Kier alpha value is -5.81. The highest BCUT2D eigenvalue weighted by Gasteiger charge is 2.23. The fourth-order valence-electron chi connectivity index (χ4n) is 6.56. The molecule has 0 aliphatic heterocycles. The molecule has 0 bridgehead atoms. The fraction of sp³-hybridized carbons (Fsp3) is 0.0263. The van der Waals surface area contributed by atoms with Crippen molar-refractivity contribution in [1.82, 2.24) is 0 Å². The van der Waals surface area contributed by atoms with Crippen molar-refractivity contribution < 1.29 is 18.0 Å². The zero-order chi connectivity index (χ0) is 28.7. The number of carbonyl (C=O) groups is 1. The zero-order valence-electron chi connectivity index (χ0n) is 23.1. The minimum absolute atomic E-state index is 0.154. The molecule has 0 radical (unpaired) electrons. The van der Waals surface area contributed by atoms with Gasteiger partial charge in [-0.2, -0.15) is 0 Å². The average Bonchev–Trinajstić information content (AvgIpc) is 3.73. The molecule has 0 saturated carbocycles. The normalized spacial score (nSPS) is 11.9. The monoisotopic (exact) mass is 557 g/mol. The van der Waals surface area contributed by atoms with E-state index < -0.39 is 0 Å². The smallest absolute Gasteiger partial charge is 0.221 e. The van der Waals surface area contributed by atoms with Gasteiger partial charge in [0.25, 0.3) is 0 Å². The molecule has 0 atom stereocenters. The number of rotatable bonds is 3. The second-order valence-corrected chi connectivity index (χ2v) is 10.9. The van der Waals surface area contributed by atoms with Gasteiger partial charge in [-0.1, -0.05) is 84.9 Å². The van der Waals surface area contributed by atoms with E-state index in [1.165, 1.54) is 6.92 Å². The second kappa shape index (κ2) is 8.84. The van der Waals surface area contributed by atoms with Crippen molar-refractivity contribution in [2.75, 3.05) is 5.32 Å². The average molecular weight is 558 g/mol. The third-order valence-electron chi connectivity index (χ3n) is 8.35. The van der Waals surface area contributed by atoms with Gasteiger partial charge < -0.3 is 18.6 Å². The predicted molar refractivity (Wildman–Crippen MR) is 173 cm³/mol. The Morgan fingerprint density at radius 3 is 1.65 bits per heavy atom. The Kier molecular flexibility index (Phi) is 4.91. The van der Waals surface area contributed by atoms with Crippen LogP contribution in [0.25, 0.3) is 88.1 Å². The molecule has 0 saturated heterocycles. The summed E-state index contributed by atoms with van der Waals surface area (Å²) < 4.78 is 19.5. The van der Waals surface area contributed by atoms with Gasteiger partial charge >= 0.3 is 0 Å². The summed E-state index contributed by atoms with van der Waals surface area (Å²) in [5.74, 6) is -0.154. The molecule has 0 aliphatic carbocycles. The Morgan fingerprint density at radius 1 is 0.465 bits per heavy atom. The van der Waals surface area contributed by atoms with E-state index in [0.717, 1.165) is 82.5 Å². The molecule has 0 unspecified atom stereocenters. The van der Waals surface area contributed by atoms with Gasteiger partial charge in [-0.25, -0.2) is 0 Å². The quantitative estimate of drug-likeness (QED) is 0.235. The highest BCUT2D eigenvalue weighted by Crippen LogP contribution is 2.47. The number of hydrogen-bond acceptors (Lipinski definition) is 4. The van der Waals surface area contributed by atoms with Crippen LogP contribution in [0.5, 0.6) is 0 Å². The van der Waals surface area contributed by atoms with Gasteiger partial charge in [-0.15, -0.1) is 0 Å². The van der Waals surface area contributed by atoms with Gasteiger partial charge in [0.1, 0.15) is 27.9 Å². The van der Waals surface area contributed by atoms with Gasteiger partial charge in [0.05, 0.1) is 5.69 Å². The number of amides is 1. The first-order chi connectivity index (χ1) is 21.2. The molecule has 1 N–H and O–H groups in total. The maximum Gasteiger partial charge on any atom is 0.221 e. The summed E-state index contributed by atoms with van der Waals surface area (Å²) in [7, 11) is 0. The fourth-order valence-corrected chi connectivity index (χ4v) is 6.56. The van der Waals surface area contributed by atoms with E-state index >= 15 is 0 Å². The van der Waals surface area contributed by atoms with Crippen LogP contribution in [0.2, 0.25) is 0 Å². The predicted octanol–water partition coefficient (Wildman–Crippen LogP) is 10.7. The van der Waals surface area contributed by atoms with E-state index in [2.05, 4.69) is 53.8 Å². The molecule has 3 heterocycles. The van der Waals surface area contributed by atoms with Crippen molar-refractivity contribution in [3.63, 3.8) is 0 Å². The number of para-hydroxylation sites is 4. The molecule has 9 aromatic rings. The van der Waals surface area contributed by atoms with E-state index in [-0.39, 0.29) is 5.91 Å².